The van der Waals surface area contributed by atoms with Gasteiger partial charge in [-0.15, -0.1) is 0 Å². The number of amides is 1. The van der Waals surface area contributed by atoms with Crippen LogP contribution < -0.4 is 0 Å². The second kappa shape index (κ2) is 5.33. The van der Waals surface area contributed by atoms with E-state index in [0.717, 1.165) is 19.5 Å². The molecule has 0 radical (unpaired) electrons. The number of carbonyl (C=O) groups is 1. The van der Waals surface area contributed by atoms with Gasteiger partial charge in [0.2, 0.25) is 5.91 Å². The van der Waals surface area contributed by atoms with Crippen molar-refractivity contribution in [3.05, 3.63) is 0 Å². The maximum Gasteiger partial charge on any atom is 0.228 e. The first-order chi connectivity index (χ1) is 8.10. The van der Waals surface area contributed by atoms with Crippen LogP contribution in [0.5, 0.6) is 0 Å². The van der Waals surface area contributed by atoms with Gasteiger partial charge < -0.3 is 9.33 Å². The Morgan fingerprint density at radius 2 is 1.94 bits per heavy atom. The molecule has 1 rings (SSSR count). The molecule has 18 heavy (non-hydrogen) atoms. The van der Waals surface area contributed by atoms with Crippen LogP contribution in [0.15, 0.2) is 0 Å². The SMILES string of the molecule is CCCN1C[C@H](O[Si](C)(C)C(C)(C)C)[C@H](C)C1=O. The van der Waals surface area contributed by atoms with Crippen LogP contribution in [-0.2, 0) is 9.22 Å². The fourth-order valence-electron chi connectivity index (χ4n) is 2.08. The third-order valence-electron chi connectivity index (χ3n) is 4.40. The minimum absolute atomic E-state index is 0.0191. The summed E-state index contributed by atoms with van der Waals surface area (Å²) in [5.41, 5.74) is 0. The Balaban J connectivity index is 2.72. The summed E-state index contributed by atoms with van der Waals surface area (Å²) in [5.74, 6) is 0.284. The zero-order valence-electron chi connectivity index (χ0n) is 13.0. The highest BCUT2D eigenvalue weighted by Crippen LogP contribution is 2.39. The van der Waals surface area contributed by atoms with Crippen molar-refractivity contribution in [3.8, 4) is 0 Å². The molecule has 3 nitrogen and oxygen atoms in total. The van der Waals surface area contributed by atoms with Crippen LogP contribution in [0.4, 0.5) is 0 Å². The second-order valence-electron chi connectivity index (χ2n) is 6.99. The molecule has 1 aliphatic rings. The molecule has 0 aromatic heterocycles. The Hall–Kier alpha value is -0.353. The number of hydrogen-bond donors (Lipinski definition) is 0. The number of likely N-dealkylation sites (tertiary alicyclic amines) is 1. The molecule has 0 unspecified atom stereocenters. The van der Waals surface area contributed by atoms with Gasteiger partial charge in [-0.25, -0.2) is 0 Å². The molecule has 1 heterocycles. The van der Waals surface area contributed by atoms with Gasteiger partial charge in [-0.1, -0.05) is 34.6 Å². The average molecular weight is 271 g/mol. The first kappa shape index (κ1) is 15.7. The van der Waals surface area contributed by atoms with E-state index in [1.165, 1.54) is 0 Å². The van der Waals surface area contributed by atoms with Gasteiger partial charge in [0.1, 0.15) is 0 Å². The summed E-state index contributed by atoms with van der Waals surface area (Å²) in [6.45, 7) is 17.0. The summed E-state index contributed by atoms with van der Waals surface area (Å²) in [5, 5.41) is 0.202. The van der Waals surface area contributed by atoms with E-state index in [0.29, 0.717) is 0 Å². The van der Waals surface area contributed by atoms with Crippen LogP contribution in [-0.4, -0.2) is 38.3 Å². The van der Waals surface area contributed by atoms with E-state index in [4.69, 9.17) is 4.43 Å². The molecule has 0 saturated carbocycles. The van der Waals surface area contributed by atoms with Crippen LogP contribution in [0, 0.1) is 5.92 Å². The molecule has 106 valence electrons. The van der Waals surface area contributed by atoms with Crippen LogP contribution in [0.25, 0.3) is 0 Å². The van der Waals surface area contributed by atoms with E-state index in [2.05, 4.69) is 40.8 Å². The monoisotopic (exact) mass is 271 g/mol. The molecule has 1 saturated heterocycles. The molecular formula is C14H29NO2Si. The van der Waals surface area contributed by atoms with Crippen molar-refractivity contribution >= 4 is 14.2 Å². The van der Waals surface area contributed by atoms with Crippen LogP contribution in [0.1, 0.15) is 41.0 Å². The normalized spacial score (nSPS) is 25.9. The van der Waals surface area contributed by atoms with Gasteiger partial charge in [0, 0.05) is 13.1 Å². The largest absolute Gasteiger partial charge is 0.411 e. The molecule has 0 spiro atoms. The van der Waals surface area contributed by atoms with Gasteiger partial charge in [-0.2, -0.15) is 0 Å². The minimum atomic E-state index is -1.77. The Morgan fingerprint density at radius 3 is 2.39 bits per heavy atom. The predicted molar refractivity (Wildman–Crippen MR) is 78.1 cm³/mol. The predicted octanol–water partition coefficient (Wildman–Crippen LogP) is 3.27. The Labute approximate surface area is 113 Å². The minimum Gasteiger partial charge on any atom is -0.411 e. The molecule has 2 atom stereocenters. The number of carbonyl (C=O) groups excluding carboxylic acids is 1. The van der Waals surface area contributed by atoms with E-state index < -0.39 is 8.32 Å². The first-order valence-electron chi connectivity index (χ1n) is 7.06. The summed E-state index contributed by atoms with van der Waals surface area (Å²) in [6.07, 6.45) is 1.11. The van der Waals surface area contributed by atoms with Crippen molar-refractivity contribution in [2.24, 2.45) is 5.92 Å². The fourth-order valence-corrected chi connectivity index (χ4v) is 3.47. The van der Waals surface area contributed by atoms with Crippen molar-refractivity contribution < 1.29 is 9.22 Å². The van der Waals surface area contributed by atoms with Crippen molar-refractivity contribution in [2.75, 3.05) is 13.1 Å². The van der Waals surface area contributed by atoms with E-state index in [-0.39, 0.29) is 23.0 Å². The third kappa shape index (κ3) is 3.15. The van der Waals surface area contributed by atoms with Gasteiger partial charge in [0.15, 0.2) is 8.32 Å². The van der Waals surface area contributed by atoms with Gasteiger partial charge in [-0.05, 0) is 24.6 Å². The molecular weight excluding hydrogens is 242 g/mol. The standard InChI is InChI=1S/C14H29NO2Si/c1-8-9-15-10-12(11(2)13(15)16)17-18(6,7)14(3,4)5/h11-12H,8-10H2,1-7H3/t11-,12-/m0/s1. The van der Waals surface area contributed by atoms with Crippen LogP contribution >= 0.6 is 0 Å². The second-order valence-corrected chi connectivity index (χ2v) is 11.7. The Morgan fingerprint density at radius 1 is 1.39 bits per heavy atom. The lowest BCUT2D eigenvalue weighted by atomic mass is 10.1. The zero-order valence-corrected chi connectivity index (χ0v) is 14.0. The summed E-state index contributed by atoms with van der Waals surface area (Å²) in [7, 11) is -1.77. The zero-order chi connectivity index (χ0) is 14.1. The highest BCUT2D eigenvalue weighted by atomic mass is 28.4. The third-order valence-corrected chi connectivity index (χ3v) is 8.91. The summed E-state index contributed by atoms with van der Waals surface area (Å²) < 4.78 is 6.40. The summed E-state index contributed by atoms with van der Waals surface area (Å²) in [6, 6.07) is 0. The van der Waals surface area contributed by atoms with Crippen molar-refractivity contribution in [1.82, 2.24) is 4.90 Å². The van der Waals surface area contributed by atoms with Gasteiger partial charge in [0.25, 0.3) is 0 Å². The lowest BCUT2D eigenvalue weighted by molar-refractivity contribution is -0.130. The molecule has 0 N–H and O–H groups in total. The topological polar surface area (TPSA) is 29.5 Å². The molecule has 1 fully saturated rings. The van der Waals surface area contributed by atoms with E-state index in [1.807, 2.05) is 11.8 Å². The van der Waals surface area contributed by atoms with Crippen LogP contribution in [0.3, 0.4) is 0 Å². The quantitative estimate of drug-likeness (QED) is 0.735. The Kier molecular flexibility index (Phi) is 4.65. The highest BCUT2D eigenvalue weighted by Gasteiger charge is 2.45. The average Bonchev–Trinajstić information content (AvgIpc) is 2.45. The molecule has 0 bridgehead atoms. The van der Waals surface area contributed by atoms with Crippen molar-refractivity contribution in [3.63, 3.8) is 0 Å². The van der Waals surface area contributed by atoms with E-state index >= 15 is 0 Å². The summed E-state index contributed by atoms with van der Waals surface area (Å²) >= 11 is 0. The molecule has 1 aliphatic heterocycles. The Bertz CT molecular complexity index is 309. The molecule has 1 amide bonds. The van der Waals surface area contributed by atoms with Gasteiger partial charge in [0.05, 0.1) is 12.0 Å². The number of nitrogens with zero attached hydrogens (tertiary/aromatic N) is 1. The van der Waals surface area contributed by atoms with Crippen molar-refractivity contribution in [1.29, 1.82) is 0 Å². The number of hydrogen-bond acceptors (Lipinski definition) is 2. The fraction of sp³-hybridized carbons (Fsp3) is 0.929. The maximum atomic E-state index is 12.1. The van der Waals surface area contributed by atoms with E-state index in [1.54, 1.807) is 0 Å². The first-order valence-corrected chi connectivity index (χ1v) is 9.97. The molecule has 4 heteroatoms. The maximum absolute atomic E-state index is 12.1. The van der Waals surface area contributed by atoms with Gasteiger partial charge in [-0.3, -0.25) is 4.79 Å². The highest BCUT2D eigenvalue weighted by molar-refractivity contribution is 6.74. The molecule has 0 aliphatic carbocycles. The van der Waals surface area contributed by atoms with Crippen LogP contribution in [0.2, 0.25) is 18.1 Å². The van der Waals surface area contributed by atoms with Gasteiger partial charge >= 0.3 is 0 Å². The molecule has 0 aromatic rings. The molecule has 0 aromatic carbocycles. The number of rotatable bonds is 4. The van der Waals surface area contributed by atoms with Crippen molar-refractivity contribution in [2.45, 2.75) is 65.3 Å². The lowest BCUT2D eigenvalue weighted by Crippen LogP contribution is -2.45. The van der Waals surface area contributed by atoms with E-state index in [9.17, 15) is 4.79 Å². The summed E-state index contributed by atoms with van der Waals surface area (Å²) in [4.78, 5) is 14.1. The smallest absolute Gasteiger partial charge is 0.228 e. The lowest BCUT2D eigenvalue weighted by Gasteiger charge is -2.39.